The zero-order valence-corrected chi connectivity index (χ0v) is 13.6. The molecule has 0 aliphatic carbocycles. The molecule has 0 saturated carbocycles. The molecule has 122 valence electrons. The van der Waals surface area contributed by atoms with Gasteiger partial charge >= 0.3 is 5.97 Å². The highest BCUT2D eigenvalue weighted by atomic mass is 16.5. The Hall–Kier alpha value is -1.59. The normalized spacial score (nSPS) is 18.7. The van der Waals surface area contributed by atoms with Gasteiger partial charge in [0.05, 0.1) is 0 Å². The van der Waals surface area contributed by atoms with Crippen LogP contribution in [0, 0.1) is 5.92 Å². The van der Waals surface area contributed by atoms with Crippen LogP contribution in [0.3, 0.4) is 0 Å². The summed E-state index contributed by atoms with van der Waals surface area (Å²) in [6, 6.07) is 5.64. The number of phenols is 1. The van der Waals surface area contributed by atoms with Crippen molar-refractivity contribution in [3.8, 4) is 11.5 Å². The molecule has 2 rings (SSSR count). The first-order valence-corrected chi connectivity index (χ1v) is 7.99. The minimum absolute atomic E-state index is 0.0242. The van der Waals surface area contributed by atoms with Crippen molar-refractivity contribution in [1.29, 1.82) is 0 Å². The third-order valence-corrected chi connectivity index (χ3v) is 4.31. The lowest BCUT2D eigenvalue weighted by atomic mass is 9.90. The van der Waals surface area contributed by atoms with E-state index in [0.29, 0.717) is 5.92 Å². The van der Waals surface area contributed by atoms with Crippen LogP contribution >= 0.6 is 0 Å². The summed E-state index contributed by atoms with van der Waals surface area (Å²) in [6.07, 6.45) is 1.07. The summed E-state index contributed by atoms with van der Waals surface area (Å²) in [5, 5.41) is 13.5. The predicted molar refractivity (Wildman–Crippen MR) is 86.1 cm³/mol. The maximum Gasteiger partial charge on any atom is 0.308 e. The molecule has 1 aromatic rings. The molecule has 1 aliphatic rings. The second-order valence-electron chi connectivity index (χ2n) is 5.94. The van der Waals surface area contributed by atoms with Crippen molar-refractivity contribution in [3.63, 3.8) is 0 Å². The molecule has 2 atom stereocenters. The van der Waals surface area contributed by atoms with Crippen LogP contribution in [0.15, 0.2) is 18.2 Å². The molecule has 1 aromatic carbocycles. The average Bonchev–Trinajstić information content (AvgIpc) is 2.50. The molecule has 0 spiro atoms. The first-order chi connectivity index (χ1) is 10.5. The van der Waals surface area contributed by atoms with Crippen molar-refractivity contribution >= 4 is 5.97 Å². The Morgan fingerprint density at radius 3 is 2.64 bits per heavy atom. The van der Waals surface area contributed by atoms with Gasteiger partial charge in [-0.05, 0) is 23.6 Å². The second kappa shape index (κ2) is 7.61. The average molecular weight is 306 g/mol. The van der Waals surface area contributed by atoms with E-state index in [0.717, 1.165) is 38.2 Å². The zero-order chi connectivity index (χ0) is 16.1. The van der Waals surface area contributed by atoms with E-state index in [1.54, 1.807) is 12.1 Å². The van der Waals surface area contributed by atoms with Gasteiger partial charge in [0.2, 0.25) is 0 Å². The van der Waals surface area contributed by atoms with Gasteiger partial charge in [0.15, 0.2) is 11.5 Å². The number of nitrogens with zero attached hydrogens (tertiary/aromatic N) is 1. The molecular weight excluding hydrogens is 280 g/mol. The molecule has 0 bridgehead atoms. The topological polar surface area (TPSA) is 61.8 Å². The fraction of sp³-hybridized carbons (Fsp3) is 0.588. The summed E-state index contributed by atoms with van der Waals surface area (Å²) < 4.78 is 5.00. The largest absolute Gasteiger partial charge is 0.504 e. The van der Waals surface area contributed by atoms with Gasteiger partial charge in [-0.25, -0.2) is 0 Å². The Kier molecular flexibility index (Phi) is 5.80. The first-order valence-electron chi connectivity index (χ1n) is 7.99. The van der Waals surface area contributed by atoms with E-state index in [4.69, 9.17) is 4.74 Å². The molecule has 1 fully saturated rings. The maximum absolute atomic E-state index is 11.0. The summed E-state index contributed by atoms with van der Waals surface area (Å²) in [7, 11) is 0. The van der Waals surface area contributed by atoms with Crippen LogP contribution in [-0.2, 0) is 4.79 Å². The molecule has 1 aliphatic heterocycles. The lowest BCUT2D eigenvalue weighted by Gasteiger charge is -2.38. The van der Waals surface area contributed by atoms with Crippen molar-refractivity contribution in [2.75, 3.05) is 26.2 Å². The first kappa shape index (κ1) is 16.8. The zero-order valence-electron chi connectivity index (χ0n) is 13.6. The van der Waals surface area contributed by atoms with Crippen LogP contribution in [0.1, 0.15) is 38.8 Å². The number of rotatable bonds is 5. The van der Waals surface area contributed by atoms with Crippen molar-refractivity contribution < 1.29 is 14.6 Å². The molecule has 22 heavy (non-hydrogen) atoms. The minimum atomic E-state index is -0.427. The van der Waals surface area contributed by atoms with Gasteiger partial charge in [-0.2, -0.15) is 0 Å². The Labute approximate surface area is 132 Å². The van der Waals surface area contributed by atoms with Crippen molar-refractivity contribution in [1.82, 2.24) is 10.2 Å². The summed E-state index contributed by atoms with van der Waals surface area (Å²) in [4.78, 5) is 13.5. The number of carbonyl (C=O) groups is 1. The lowest BCUT2D eigenvalue weighted by Crippen LogP contribution is -2.46. The quantitative estimate of drug-likeness (QED) is 0.646. The van der Waals surface area contributed by atoms with E-state index in [2.05, 4.69) is 24.1 Å². The van der Waals surface area contributed by atoms with E-state index in [9.17, 15) is 9.90 Å². The van der Waals surface area contributed by atoms with Gasteiger partial charge < -0.3 is 15.2 Å². The van der Waals surface area contributed by atoms with Gasteiger partial charge in [0.1, 0.15) is 0 Å². The Morgan fingerprint density at radius 2 is 2.09 bits per heavy atom. The Bertz CT molecular complexity index is 513. The van der Waals surface area contributed by atoms with Crippen LogP contribution < -0.4 is 10.1 Å². The van der Waals surface area contributed by atoms with Crippen LogP contribution in [0.5, 0.6) is 11.5 Å². The summed E-state index contributed by atoms with van der Waals surface area (Å²) in [5.41, 5.74) is 1.07. The number of aromatic hydroxyl groups is 1. The van der Waals surface area contributed by atoms with Crippen molar-refractivity contribution in [3.05, 3.63) is 23.8 Å². The fourth-order valence-corrected chi connectivity index (χ4v) is 3.04. The number of hydrogen-bond acceptors (Lipinski definition) is 5. The van der Waals surface area contributed by atoms with Gasteiger partial charge in [0.25, 0.3) is 0 Å². The molecule has 5 heteroatoms. The highest BCUT2D eigenvalue weighted by molar-refractivity contribution is 5.70. The van der Waals surface area contributed by atoms with Gasteiger partial charge in [-0.3, -0.25) is 9.69 Å². The highest BCUT2D eigenvalue weighted by Gasteiger charge is 2.27. The molecule has 0 radical (unpaired) electrons. The van der Waals surface area contributed by atoms with Gasteiger partial charge in [0, 0.05) is 39.1 Å². The third kappa shape index (κ3) is 3.99. The lowest BCUT2D eigenvalue weighted by molar-refractivity contribution is -0.132. The summed E-state index contributed by atoms with van der Waals surface area (Å²) in [5.74, 6) is 0.302. The third-order valence-electron chi connectivity index (χ3n) is 4.31. The smallest absolute Gasteiger partial charge is 0.308 e. The number of phenolic OH excluding ortho intramolecular Hbond substituents is 1. The fourth-order valence-electron chi connectivity index (χ4n) is 3.04. The monoisotopic (exact) mass is 306 g/mol. The van der Waals surface area contributed by atoms with E-state index >= 15 is 0 Å². The van der Waals surface area contributed by atoms with Crippen LogP contribution in [0.4, 0.5) is 0 Å². The number of benzene rings is 1. The van der Waals surface area contributed by atoms with E-state index in [1.807, 2.05) is 6.07 Å². The van der Waals surface area contributed by atoms with E-state index in [-0.39, 0.29) is 17.5 Å². The van der Waals surface area contributed by atoms with Crippen LogP contribution in [0.25, 0.3) is 0 Å². The molecule has 0 amide bonds. The highest BCUT2D eigenvalue weighted by Crippen LogP contribution is 2.36. The Morgan fingerprint density at radius 1 is 1.41 bits per heavy atom. The number of hydrogen-bond donors (Lipinski definition) is 2. The molecule has 1 unspecified atom stereocenters. The molecule has 5 nitrogen and oxygen atoms in total. The molecule has 2 N–H and O–H groups in total. The second-order valence-corrected chi connectivity index (χ2v) is 5.94. The van der Waals surface area contributed by atoms with Crippen molar-refractivity contribution in [2.24, 2.45) is 5.92 Å². The number of nitrogens with one attached hydrogen (secondary N) is 1. The number of ether oxygens (including phenoxy) is 1. The number of carbonyl (C=O) groups excluding carboxylic acids is 1. The molecule has 0 aromatic heterocycles. The summed E-state index contributed by atoms with van der Waals surface area (Å²) in [6.45, 7) is 9.74. The van der Waals surface area contributed by atoms with Crippen molar-refractivity contribution in [2.45, 2.75) is 33.2 Å². The van der Waals surface area contributed by atoms with E-state index in [1.165, 1.54) is 6.92 Å². The Balaban J connectivity index is 2.26. The van der Waals surface area contributed by atoms with Crippen LogP contribution in [0.2, 0.25) is 0 Å². The number of piperazine rings is 1. The van der Waals surface area contributed by atoms with E-state index < -0.39 is 5.97 Å². The van der Waals surface area contributed by atoms with Crippen LogP contribution in [-0.4, -0.2) is 42.2 Å². The predicted octanol–water partition coefficient (Wildman–Crippen LogP) is 2.31. The van der Waals surface area contributed by atoms with Gasteiger partial charge in [-0.15, -0.1) is 0 Å². The molecule has 1 saturated heterocycles. The van der Waals surface area contributed by atoms with Gasteiger partial charge in [-0.1, -0.05) is 26.3 Å². The maximum atomic E-state index is 11.0. The standard InChI is InChI=1S/C17H26N2O3/c1-4-12(2)17(19-9-7-18-8-10-19)14-5-6-16(15(21)11-14)22-13(3)20/h5-6,11-12,17-18,21H,4,7-10H2,1-3H3/t12?,17-/m1/s1. The summed E-state index contributed by atoms with van der Waals surface area (Å²) >= 11 is 0. The number of esters is 1. The minimum Gasteiger partial charge on any atom is -0.504 e. The molecule has 1 heterocycles. The SMILES string of the molecule is CCC(C)[C@H](c1ccc(OC(C)=O)c(O)c1)N1CCNCC1. The molecular formula is C17H26N2O3.